The summed E-state index contributed by atoms with van der Waals surface area (Å²) in [6.07, 6.45) is 3.54. The van der Waals surface area contributed by atoms with Gasteiger partial charge in [-0.1, -0.05) is 44.2 Å². The SMILES string of the molecule is CCCN(CCC)C(=O)C(=O)NC1CCN(Cc2ccccc2)CC1. The van der Waals surface area contributed by atoms with E-state index in [1.807, 2.05) is 19.9 Å². The quantitative estimate of drug-likeness (QED) is 0.772. The fourth-order valence-electron chi connectivity index (χ4n) is 3.32. The van der Waals surface area contributed by atoms with E-state index in [0.717, 1.165) is 45.3 Å². The van der Waals surface area contributed by atoms with Crippen LogP contribution in [0, 0.1) is 0 Å². The molecule has 25 heavy (non-hydrogen) atoms. The Kier molecular flexibility index (Phi) is 7.92. The van der Waals surface area contributed by atoms with Crippen LogP contribution in [0.3, 0.4) is 0 Å². The lowest BCUT2D eigenvalue weighted by molar-refractivity contribution is -0.146. The van der Waals surface area contributed by atoms with Gasteiger partial charge in [0.25, 0.3) is 0 Å². The molecule has 1 saturated heterocycles. The largest absolute Gasteiger partial charge is 0.345 e. The molecule has 0 aliphatic carbocycles. The maximum atomic E-state index is 12.3. The highest BCUT2D eigenvalue weighted by atomic mass is 16.2. The first-order chi connectivity index (χ1) is 12.1. The topological polar surface area (TPSA) is 52.7 Å². The number of nitrogens with zero attached hydrogens (tertiary/aromatic N) is 2. The number of piperidine rings is 1. The lowest BCUT2D eigenvalue weighted by Crippen LogP contribution is -2.50. The zero-order valence-electron chi connectivity index (χ0n) is 15.5. The summed E-state index contributed by atoms with van der Waals surface area (Å²) in [5.41, 5.74) is 1.31. The van der Waals surface area contributed by atoms with Gasteiger partial charge in [0.05, 0.1) is 0 Å². The van der Waals surface area contributed by atoms with Gasteiger partial charge in [0.2, 0.25) is 0 Å². The number of carbonyl (C=O) groups is 2. The Morgan fingerprint density at radius 1 is 1.08 bits per heavy atom. The summed E-state index contributed by atoms with van der Waals surface area (Å²) in [5.74, 6) is -0.821. The highest BCUT2D eigenvalue weighted by Crippen LogP contribution is 2.14. The van der Waals surface area contributed by atoms with Crippen molar-refractivity contribution in [1.82, 2.24) is 15.1 Å². The Morgan fingerprint density at radius 3 is 2.24 bits per heavy atom. The molecule has 0 spiro atoms. The molecule has 5 nitrogen and oxygen atoms in total. The molecule has 0 bridgehead atoms. The maximum absolute atomic E-state index is 12.3. The Morgan fingerprint density at radius 2 is 1.68 bits per heavy atom. The van der Waals surface area contributed by atoms with Gasteiger partial charge in [-0.15, -0.1) is 0 Å². The van der Waals surface area contributed by atoms with Crippen LogP contribution in [0.2, 0.25) is 0 Å². The van der Waals surface area contributed by atoms with E-state index in [9.17, 15) is 9.59 Å². The molecule has 0 radical (unpaired) electrons. The molecule has 0 atom stereocenters. The zero-order chi connectivity index (χ0) is 18.1. The van der Waals surface area contributed by atoms with Crippen molar-refractivity contribution in [2.24, 2.45) is 0 Å². The van der Waals surface area contributed by atoms with Crippen LogP contribution in [0.1, 0.15) is 45.1 Å². The van der Waals surface area contributed by atoms with Crippen molar-refractivity contribution < 1.29 is 9.59 Å². The second kappa shape index (κ2) is 10.2. The van der Waals surface area contributed by atoms with Gasteiger partial charge >= 0.3 is 11.8 Å². The van der Waals surface area contributed by atoms with Crippen molar-refractivity contribution in [2.45, 2.75) is 52.1 Å². The molecule has 1 aromatic rings. The van der Waals surface area contributed by atoms with Crippen molar-refractivity contribution in [3.8, 4) is 0 Å². The zero-order valence-corrected chi connectivity index (χ0v) is 15.5. The van der Waals surface area contributed by atoms with Crippen LogP contribution >= 0.6 is 0 Å². The summed E-state index contributed by atoms with van der Waals surface area (Å²) < 4.78 is 0. The molecule has 0 aromatic heterocycles. The molecule has 0 unspecified atom stereocenters. The van der Waals surface area contributed by atoms with Gasteiger partial charge in [0.1, 0.15) is 0 Å². The van der Waals surface area contributed by atoms with E-state index in [1.165, 1.54) is 5.56 Å². The van der Waals surface area contributed by atoms with Crippen LogP contribution in [0.5, 0.6) is 0 Å². The summed E-state index contributed by atoms with van der Waals surface area (Å²) >= 11 is 0. The molecule has 1 fully saturated rings. The van der Waals surface area contributed by atoms with E-state index in [-0.39, 0.29) is 11.9 Å². The van der Waals surface area contributed by atoms with E-state index in [1.54, 1.807) is 4.90 Å². The van der Waals surface area contributed by atoms with Crippen LogP contribution in [-0.2, 0) is 16.1 Å². The summed E-state index contributed by atoms with van der Waals surface area (Å²) in [6, 6.07) is 10.5. The molecular weight excluding hydrogens is 314 g/mol. The monoisotopic (exact) mass is 345 g/mol. The normalized spacial score (nSPS) is 15.8. The third-order valence-electron chi connectivity index (χ3n) is 4.64. The summed E-state index contributed by atoms with van der Waals surface area (Å²) in [6.45, 7) is 8.18. The standard InChI is InChI=1S/C20H31N3O2/c1-3-12-23(13-4-2)20(25)19(24)21-18-10-14-22(15-11-18)16-17-8-6-5-7-9-17/h5-9,18H,3-4,10-16H2,1-2H3,(H,21,24). The first-order valence-corrected chi connectivity index (χ1v) is 9.50. The number of carbonyl (C=O) groups excluding carboxylic acids is 2. The van der Waals surface area contributed by atoms with Crippen LogP contribution in [-0.4, -0.2) is 53.8 Å². The second-order valence-corrected chi connectivity index (χ2v) is 6.80. The van der Waals surface area contributed by atoms with Crippen LogP contribution in [0.15, 0.2) is 30.3 Å². The predicted octanol–water partition coefficient (Wildman–Crippen LogP) is 2.42. The van der Waals surface area contributed by atoms with Crippen LogP contribution < -0.4 is 5.32 Å². The highest BCUT2D eigenvalue weighted by molar-refractivity contribution is 6.35. The molecule has 1 aliphatic rings. The minimum Gasteiger partial charge on any atom is -0.345 e. The van der Waals surface area contributed by atoms with Gasteiger partial charge in [-0.2, -0.15) is 0 Å². The molecule has 1 N–H and O–H groups in total. The number of nitrogens with one attached hydrogen (secondary N) is 1. The predicted molar refractivity (Wildman–Crippen MR) is 100 cm³/mol. The molecule has 0 saturated carbocycles. The molecular formula is C20H31N3O2. The average molecular weight is 345 g/mol. The van der Waals surface area contributed by atoms with Crippen molar-refractivity contribution in [1.29, 1.82) is 0 Å². The van der Waals surface area contributed by atoms with E-state index in [4.69, 9.17) is 0 Å². The summed E-state index contributed by atoms with van der Waals surface area (Å²) in [5, 5.41) is 2.94. The lowest BCUT2D eigenvalue weighted by atomic mass is 10.0. The number of hydrogen-bond donors (Lipinski definition) is 1. The fraction of sp³-hybridized carbons (Fsp3) is 0.600. The third-order valence-corrected chi connectivity index (χ3v) is 4.64. The first-order valence-electron chi connectivity index (χ1n) is 9.50. The van der Waals surface area contributed by atoms with Gasteiger partial charge in [-0.05, 0) is 31.2 Å². The van der Waals surface area contributed by atoms with Crippen molar-refractivity contribution >= 4 is 11.8 Å². The third kappa shape index (κ3) is 6.16. The highest BCUT2D eigenvalue weighted by Gasteiger charge is 2.26. The lowest BCUT2D eigenvalue weighted by Gasteiger charge is -2.32. The first kappa shape index (κ1) is 19.4. The second-order valence-electron chi connectivity index (χ2n) is 6.80. The van der Waals surface area contributed by atoms with Crippen molar-refractivity contribution in [2.75, 3.05) is 26.2 Å². The minimum atomic E-state index is -0.441. The number of hydrogen-bond acceptors (Lipinski definition) is 3. The van der Waals surface area contributed by atoms with Crippen molar-refractivity contribution in [3.05, 3.63) is 35.9 Å². The molecule has 138 valence electrons. The summed E-state index contributed by atoms with van der Waals surface area (Å²) in [7, 11) is 0. The Labute approximate surface area is 151 Å². The van der Waals surface area contributed by atoms with Gasteiger partial charge in [0.15, 0.2) is 0 Å². The molecule has 2 amide bonds. The molecule has 5 heteroatoms. The molecule has 1 aromatic carbocycles. The number of benzene rings is 1. The van der Waals surface area contributed by atoms with Gasteiger partial charge < -0.3 is 10.2 Å². The smallest absolute Gasteiger partial charge is 0.311 e. The average Bonchev–Trinajstić information content (AvgIpc) is 2.63. The minimum absolute atomic E-state index is 0.105. The van der Waals surface area contributed by atoms with Crippen LogP contribution in [0.25, 0.3) is 0 Å². The number of amides is 2. The number of likely N-dealkylation sites (tertiary alicyclic amines) is 1. The molecule has 2 rings (SSSR count). The Bertz CT molecular complexity index is 533. The van der Waals surface area contributed by atoms with Gasteiger partial charge in [0, 0.05) is 38.8 Å². The molecule has 1 aliphatic heterocycles. The van der Waals surface area contributed by atoms with E-state index >= 15 is 0 Å². The number of rotatable bonds is 7. The van der Waals surface area contributed by atoms with E-state index < -0.39 is 5.91 Å². The van der Waals surface area contributed by atoms with E-state index in [0.29, 0.717) is 13.1 Å². The summed E-state index contributed by atoms with van der Waals surface area (Å²) in [4.78, 5) is 28.6. The van der Waals surface area contributed by atoms with Gasteiger partial charge in [-0.3, -0.25) is 14.5 Å². The fourth-order valence-corrected chi connectivity index (χ4v) is 3.32. The molecule has 1 heterocycles. The van der Waals surface area contributed by atoms with Crippen LogP contribution in [0.4, 0.5) is 0 Å². The Hall–Kier alpha value is -1.88. The Balaban J connectivity index is 1.76. The van der Waals surface area contributed by atoms with E-state index in [2.05, 4.69) is 34.5 Å². The van der Waals surface area contributed by atoms with Gasteiger partial charge in [-0.25, -0.2) is 0 Å². The van der Waals surface area contributed by atoms with Crippen molar-refractivity contribution in [3.63, 3.8) is 0 Å². The maximum Gasteiger partial charge on any atom is 0.311 e.